The Hall–Kier alpha value is -1.39. The Balaban J connectivity index is 1.78. The average molecular weight is 305 g/mol. The number of hydrogen-bond acceptors (Lipinski definition) is 4. The first kappa shape index (κ1) is 17.0. The molecule has 0 aromatic heterocycles. The van der Waals surface area contributed by atoms with E-state index in [1.165, 1.54) is 26.2 Å². The molecule has 22 heavy (non-hydrogen) atoms. The zero-order valence-electron chi connectivity index (χ0n) is 13.6. The maximum atomic E-state index is 11.3. The van der Waals surface area contributed by atoms with Crippen molar-refractivity contribution in [2.45, 2.75) is 39.2 Å². The van der Waals surface area contributed by atoms with E-state index < -0.39 is 6.10 Å². The van der Waals surface area contributed by atoms with Crippen LogP contribution in [-0.4, -0.2) is 48.1 Å². The zero-order valence-corrected chi connectivity index (χ0v) is 13.6. The number of aliphatic hydroxyl groups is 1. The summed E-state index contributed by atoms with van der Waals surface area (Å²) in [6.45, 7) is 6.82. The smallest absolute Gasteiger partial charge is 0.159 e. The number of aliphatic hydroxyl groups excluding tert-OH is 1. The number of carbonyl (C=O) groups is 1. The first-order chi connectivity index (χ1) is 10.6. The monoisotopic (exact) mass is 305 g/mol. The molecule has 1 fully saturated rings. The highest BCUT2D eigenvalue weighted by atomic mass is 16.5. The van der Waals surface area contributed by atoms with Crippen LogP contribution in [0.15, 0.2) is 24.3 Å². The Kier molecular flexibility index (Phi) is 6.40. The van der Waals surface area contributed by atoms with E-state index in [1.807, 2.05) is 6.07 Å². The van der Waals surface area contributed by atoms with E-state index in [0.29, 0.717) is 17.9 Å². The molecule has 4 nitrogen and oxygen atoms in total. The number of rotatable bonds is 7. The quantitative estimate of drug-likeness (QED) is 0.787. The molecule has 2 rings (SSSR count). The lowest BCUT2D eigenvalue weighted by Gasteiger charge is -2.33. The van der Waals surface area contributed by atoms with Gasteiger partial charge in [0.05, 0.1) is 0 Å². The highest BCUT2D eigenvalue weighted by molar-refractivity contribution is 5.94. The van der Waals surface area contributed by atoms with Crippen molar-refractivity contribution in [1.82, 2.24) is 4.90 Å². The predicted octanol–water partition coefficient (Wildman–Crippen LogP) is 2.75. The molecule has 1 aromatic rings. The van der Waals surface area contributed by atoms with Gasteiger partial charge in [-0.1, -0.05) is 25.5 Å². The first-order valence-corrected chi connectivity index (χ1v) is 8.22. The minimum Gasteiger partial charge on any atom is -0.491 e. The van der Waals surface area contributed by atoms with Crippen molar-refractivity contribution < 1.29 is 14.6 Å². The third-order valence-corrected chi connectivity index (χ3v) is 4.33. The van der Waals surface area contributed by atoms with Gasteiger partial charge in [-0.05, 0) is 44.4 Å². The first-order valence-electron chi connectivity index (χ1n) is 8.22. The van der Waals surface area contributed by atoms with E-state index in [9.17, 15) is 9.90 Å². The van der Waals surface area contributed by atoms with Crippen molar-refractivity contribution in [3.8, 4) is 5.75 Å². The molecule has 0 aliphatic carbocycles. The highest BCUT2D eigenvalue weighted by Gasteiger charge is 2.20. The summed E-state index contributed by atoms with van der Waals surface area (Å²) in [6, 6.07) is 7.11. The predicted molar refractivity (Wildman–Crippen MR) is 87.4 cm³/mol. The number of nitrogens with zero attached hydrogens (tertiary/aromatic N) is 1. The molecule has 2 atom stereocenters. The molecule has 0 radical (unpaired) electrons. The molecule has 0 amide bonds. The molecule has 0 bridgehead atoms. The fraction of sp³-hybridized carbons (Fsp3) is 0.611. The van der Waals surface area contributed by atoms with Crippen LogP contribution in [-0.2, 0) is 0 Å². The van der Waals surface area contributed by atoms with Crippen LogP contribution in [0.2, 0.25) is 0 Å². The Morgan fingerprint density at radius 3 is 3.05 bits per heavy atom. The van der Waals surface area contributed by atoms with Gasteiger partial charge < -0.3 is 14.7 Å². The molecule has 1 aliphatic heterocycles. The van der Waals surface area contributed by atoms with Gasteiger partial charge in [-0.2, -0.15) is 0 Å². The summed E-state index contributed by atoms with van der Waals surface area (Å²) in [6.07, 6.45) is 3.22. The van der Waals surface area contributed by atoms with E-state index in [4.69, 9.17) is 4.74 Å². The minimum absolute atomic E-state index is 0.0184. The second-order valence-electron chi connectivity index (χ2n) is 6.22. The molecule has 4 heteroatoms. The highest BCUT2D eigenvalue weighted by Crippen LogP contribution is 2.19. The van der Waals surface area contributed by atoms with Gasteiger partial charge in [0.15, 0.2) is 5.78 Å². The molecule has 0 saturated carbocycles. The number of β-amino-alcohol motifs (C(OH)–C–C–N with tert-alkyl or cyclic N) is 1. The largest absolute Gasteiger partial charge is 0.491 e. The third-order valence-electron chi connectivity index (χ3n) is 4.33. The Morgan fingerprint density at radius 1 is 1.50 bits per heavy atom. The number of likely N-dealkylation sites (tertiary alicyclic amines) is 1. The zero-order chi connectivity index (χ0) is 15.9. The van der Waals surface area contributed by atoms with Crippen LogP contribution in [0.5, 0.6) is 5.75 Å². The summed E-state index contributed by atoms with van der Waals surface area (Å²) in [5.41, 5.74) is 0.633. The summed E-state index contributed by atoms with van der Waals surface area (Å²) in [4.78, 5) is 13.7. The number of piperidine rings is 1. The Bertz CT molecular complexity index is 489. The van der Waals surface area contributed by atoms with Gasteiger partial charge in [0.2, 0.25) is 0 Å². The standard InChI is InChI=1S/C18H27NO3/c1-3-15-6-5-9-19(11-15)12-17(21)13-22-18-8-4-7-16(10-18)14(2)20/h4,7-8,10,15,17,21H,3,5-6,9,11-13H2,1-2H3. The van der Waals surface area contributed by atoms with Crippen molar-refractivity contribution in [1.29, 1.82) is 0 Å². The van der Waals surface area contributed by atoms with Gasteiger partial charge in [0.25, 0.3) is 0 Å². The molecule has 1 aromatic carbocycles. The molecule has 122 valence electrons. The van der Waals surface area contributed by atoms with Gasteiger partial charge in [0.1, 0.15) is 18.5 Å². The van der Waals surface area contributed by atoms with Gasteiger partial charge >= 0.3 is 0 Å². The fourth-order valence-corrected chi connectivity index (χ4v) is 3.00. The summed E-state index contributed by atoms with van der Waals surface area (Å²) in [7, 11) is 0. The van der Waals surface area contributed by atoms with Crippen molar-refractivity contribution in [3.05, 3.63) is 29.8 Å². The van der Waals surface area contributed by atoms with Crippen molar-refractivity contribution >= 4 is 5.78 Å². The molecule has 1 saturated heterocycles. The van der Waals surface area contributed by atoms with Crippen LogP contribution in [0.3, 0.4) is 0 Å². The lowest BCUT2D eigenvalue weighted by molar-refractivity contribution is 0.0514. The van der Waals surface area contributed by atoms with Crippen LogP contribution in [0, 0.1) is 5.92 Å². The van der Waals surface area contributed by atoms with Crippen molar-refractivity contribution in [3.63, 3.8) is 0 Å². The lowest BCUT2D eigenvalue weighted by Crippen LogP contribution is -2.41. The van der Waals surface area contributed by atoms with Crippen LogP contribution < -0.4 is 4.74 Å². The lowest BCUT2D eigenvalue weighted by atomic mass is 9.95. The maximum absolute atomic E-state index is 11.3. The number of carbonyl (C=O) groups excluding carboxylic acids is 1. The van der Waals surface area contributed by atoms with Gasteiger partial charge in [-0.3, -0.25) is 4.79 Å². The van der Waals surface area contributed by atoms with Crippen LogP contribution in [0.4, 0.5) is 0 Å². The van der Waals surface area contributed by atoms with Crippen molar-refractivity contribution in [2.75, 3.05) is 26.2 Å². The van der Waals surface area contributed by atoms with E-state index in [0.717, 1.165) is 19.0 Å². The van der Waals surface area contributed by atoms with Gasteiger partial charge in [-0.15, -0.1) is 0 Å². The van der Waals surface area contributed by atoms with Gasteiger partial charge in [0, 0.05) is 18.7 Å². The van der Waals surface area contributed by atoms with Crippen LogP contribution >= 0.6 is 0 Å². The van der Waals surface area contributed by atoms with E-state index in [1.54, 1.807) is 18.2 Å². The molecule has 2 unspecified atom stereocenters. The molecule has 1 N–H and O–H groups in total. The van der Waals surface area contributed by atoms with E-state index in [2.05, 4.69) is 11.8 Å². The maximum Gasteiger partial charge on any atom is 0.159 e. The fourth-order valence-electron chi connectivity index (χ4n) is 3.00. The molecule has 1 aliphatic rings. The minimum atomic E-state index is -0.503. The summed E-state index contributed by atoms with van der Waals surface area (Å²) < 4.78 is 5.62. The number of benzene rings is 1. The molecule has 1 heterocycles. The van der Waals surface area contributed by atoms with Crippen LogP contribution in [0.25, 0.3) is 0 Å². The number of ether oxygens (including phenoxy) is 1. The normalized spacial score (nSPS) is 20.6. The van der Waals surface area contributed by atoms with Crippen LogP contribution in [0.1, 0.15) is 43.5 Å². The van der Waals surface area contributed by atoms with Gasteiger partial charge in [-0.25, -0.2) is 0 Å². The number of hydrogen-bond donors (Lipinski definition) is 1. The Labute approximate surface area is 133 Å². The topological polar surface area (TPSA) is 49.8 Å². The number of Topliss-reactive ketones (excluding diaryl/α,β-unsaturated/α-hetero) is 1. The molecular formula is C18H27NO3. The Morgan fingerprint density at radius 2 is 2.32 bits per heavy atom. The third kappa shape index (κ3) is 5.11. The van der Waals surface area contributed by atoms with E-state index >= 15 is 0 Å². The average Bonchev–Trinajstić information content (AvgIpc) is 2.53. The summed E-state index contributed by atoms with van der Waals surface area (Å²) in [5.74, 6) is 1.41. The van der Waals surface area contributed by atoms with Crippen molar-refractivity contribution in [2.24, 2.45) is 5.92 Å². The second kappa shape index (κ2) is 8.30. The molecular weight excluding hydrogens is 278 g/mol. The molecule has 0 spiro atoms. The number of ketones is 1. The second-order valence-corrected chi connectivity index (χ2v) is 6.22. The summed E-state index contributed by atoms with van der Waals surface area (Å²) in [5, 5.41) is 10.2. The SMILES string of the molecule is CCC1CCCN(CC(O)COc2cccc(C(C)=O)c2)C1. The summed E-state index contributed by atoms with van der Waals surface area (Å²) >= 11 is 0. The van der Waals surface area contributed by atoms with E-state index in [-0.39, 0.29) is 12.4 Å².